The van der Waals surface area contributed by atoms with Gasteiger partial charge in [-0.15, -0.1) is 0 Å². The lowest BCUT2D eigenvalue weighted by molar-refractivity contribution is 0.926. The predicted octanol–water partition coefficient (Wildman–Crippen LogP) is 23.7. The first kappa shape index (κ1) is 56.1. The van der Waals surface area contributed by atoms with Gasteiger partial charge in [0.05, 0.1) is 44.2 Å². The molecule has 0 bridgehead atoms. The van der Waals surface area contributed by atoms with Gasteiger partial charge in [-0.3, -0.25) is 0 Å². The van der Waals surface area contributed by atoms with Gasteiger partial charge in [0.15, 0.2) is 0 Å². The van der Waals surface area contributed by atoms with E-state index < -0.39 is 0 Å². The zero-order valence-electron chi connectivity index (χ0n) is 53.6. The van der Waals surface area contributed by atoms with E-state index in [1.54, 1.807) is 0 Å². The number of benzene rings is 15. The molecule has 458 valence electrons. The molecule has 0 saturated carbocycles. The minimum atomic E-state index is -0.164. The second kappa shape index (κ2) is 22.1. The molecular formula is C94H57N5. The maximum absolute atomic E-state index is 12.8. The van der Waals surface area contributed by atoms with Crippen molar-refractivity contribution in [3.05, 3.63) is 378 Å². The predicted molar refractivity (Wildman–Crippen MR) is 406 cm³/mol. The summed E-state index contributed by atoms with van der Waals surface area (Å²) in [5.74, 6) is -0.252. The fourth-order valence-corrected chi connectivity index (χ4v) is 17.3. The van der Waals surface area contributed by atoms with E-state index >= 15 is 0 Å². The van der Waals surface area contributed by atoms with Crippen LogP contribution in [0.1, 0.15) is 56.3 Å². The first-order valence-electron chi connectivity index (χ1n) is 33.9. The third-order valence-corrected chi connectivity index (χ3v) is 21.4. The maximum atomic E-state index is 12.8. The van der Waals surface area contributed by atoms with Crippen LogP contribution < -0.4 is 0 Å². The van der Waals surface area contributed by atoms with Gasteiger partial charge in [0, 0.05) is 83.5 Å². The van der Waals surface area contributed by atoms with Gasteiger partial charge < -0.3 is 13.7 Å². The number of rotatable bonds is 9. The second-order valence-corrected chi connectivity index (χ2v) is 26.3. The first-order chi connectivity index (χ1) is 49.1. The number of para-hydroxylation sites is 6. The van der Waals surface area contributed by atoms with E-state index in [1.807, 2.05) is 0 Å². The van der Waals surface area contributed by atoms with E-state index in [0.29, 0.717) is 33.4 Å². The number of hydrogen-bond acceptors (Lipinski definition) is 2. The molecule has 0 amide bonds. The molecule has 0 fully saturated rings. The van der Waals surface area contributed by atoms with Crippen molar-refractivity contribution in [3.8, 4) is 96.0 Å². The SMILES string of the molecule is N#Cc1c(-c2ccc(-n3c4ccccc4c4ccccc43)cc2)c(-c2ccc(-n3c4ccccc4c4ccccc43)cc2)c(C#N)c(-c2ccc(C3c4ccccc4-c4ccccc43)c(C3c4ccccc4-c4ccccc43)c2)c1-c1ccc(-n2c3ccccc3c3ccccc32)cc1. The molecule has 2 aliphatic rings. The Morgan fingerprint density at radius 3 is 0.727 bits per heavy atom. The molecule has 2 aliphatic carbocycles. The van der Waals surface area contributed by atoms with Crippen molar-refractivity contribution >= 4 is 65.4 Å². The third kappa shape index (κ3) is 8.33. The van der Waals surface area contributed by atoms with Crippen molar-refractivity contribution in [2.24, 2.45) is 0 Å². The number of aromatic nitrogens is 3. The summed E-state index contributed by atoms with van der Waals surface area (Å²) in [6.07, 6.45) is 0. The maximum Gasteiger partial charge on any atom is 0.100 e. The zero-order valence-corrected chi connectivity index (χ0v) is 53.6. The summed E-state index contributed by atoms with van der Waals surface area (Å²) in [6, 6.07) is 126. The Bertz CT molecular complexity index is 6250. The van der Waals surface area contributed by atoms with Crippen molar-refractivity contribution in [2.75, 3.05) is 0 Å². The van der Waals surface area contributed by atoms with Gasteiger partial charge in [-0.25, -0.2) is 0 Å². The van der Waals surface area contributed by atoms with Crippen LogP contribution in [-0.4, -0.2) is 13.7 Å². The van der Waals surface area contributed by atoms with E-state index in [-0.39, 0.29) is 11.8 Å². The van der Waals surface area contributed by atoms with Gasteiger partial charge in [0.2, 0.25) is 0 Å². The summed E-state index contributed by atoms with van der Waals surface area (Å²) in [6.45, 7) is 0. The summed E-state index contributed by atoms with van der Waals surface area (Å²) >= 11 is 0. The second-order valence-electron chi connectivity index (χ2n) is 26.3. The minimum Gasteiger partial charge on any atom is -0.309 e. The number of nitrogens with zero attached hydrogens (tertiary/aromatic N) is 5. The quantitative estimate of drug-likeness (QED) is 0.145. The molecule has 5 heteroatoms. The summed E-state index contributed by atoms with van der Waals surface area (Å²) in [5, 5.41) is 32.5. The lowest BCUT2D eigenvalue weighted by Crippen LogP contribution is -2.10. The van der Waals surface area contributed by atoms with Crippen molar-refractivity contribution < 1.29 is 0 Å². The van der Waals surface area contributed by atoms with Crippen molar-refractivity contribution in [3.63, 3.8) is 0 Å². The average Bonchev–Trinajstić information content (AvgIpc) is 1.60. The monoisotopic (exact) mass is 1260 g/mol. The van der Waals surface area contributed by atoms with Crippen LogP contribution in [0.5, 0.6) is 0 Å². The molecule has 15 aromatic carbocycles. The molecular weight excluding hydrogens is 1200 g/mol. The summed E-state index contributed by atoms with van der Waals surface area (Å²) in [5.41, 5.74) is 28.9. The van der Waals surface area contributed by atoms with E-state index in [9.17, 15) is 10.5 Å². The lowest BCUT2D eigenvalue weighted by atomic mass is 9.75. The molecule has 18 aromatic rings. The van der Waals surface area contributed by atoms with Crippen LogP contribution in [0.3, 0.4) is 0 Å². The number of hydrogen-bond donors (Lipinski definition) is 0. The van der Waals surface area contributed by atoms with Gasteiger partial charge in [-0.2, -0.15) is 10.5 Å². The normalized spacial score (nSPS) is 12.5. The van der Waals surface area contributed by atoms with Gasteiger partial charge in [0.25, 0.3) is 0 Å². The van der Waals surface area contributed by atoms with Crippen LogP contribution in [-0.2, 0) is 0 Å². The van der Waals surface area contributed by atoms with Gasteiger partial charge in [0.1, 0.15) is 12.1 Å². The molecule has 0 N–H and O–H groups in total. The van der Waals surface area contributed by atoms with E-state index in [0.717, 1.165) is 78.0 Å². The van der Waals surface area contributed by atoms with Gasteiger partial charge in [-0.05, 0) is 157 Å². The Labute approximate surface area is 572 Å². The molecule has 20 rings (SSSR count). The summed E-state index contributed by atoms with van der Waals surface area (Å²) in [7, 11) is 0. The van der Waals surface area contributed by atoms with E-state index in [2.05, 4.69) is 359 Å². The summed E-state index contributed by atoms with van der Waals surface area (Å²) in [4.78, 5) is 0. The van der Waals surface area contributed by atoms with Crippen LogP contribution in [0.4, 0.5) is 0 Å². The molecule has 3 aromatic heterocycles. The van der Waals surface area contributed by atoms with Crippen LogP contribution in [0, 0.1) is 22.7 Å². The van der Waals surface area contributed by atoms with Gasteiger partial charge >= 0.3 is 0 Å². The third-order valence-electron chi connectivity index (χ3n) is 21.4. The molecule has 5 nitrogen and oxygen atoms in total. The van der Waals surface area contributed by atoms with Crippen molar-refractivity contribution in [1.29, 1.82) is 10.5 Å². The molecule has 99 heavy (non-hydrogen) atoms. The fourth-order valence-electron chi connectivity index (χ4n) is 17.3. The Kier molecular flexibility index (Phi) is 12.5. The Balaban J connectivity index is 0.884. The molecule has 0 unspecified atom stereocenters. The van der Waals surface area contributed by atoms with Crippen LogP contribution in [0.2, 0.25) is 0 Å². The van der Waals surface area contributed by atoms with E-state index in [4.69, 9.17) is 0 Å². The fraction of sp³-hybridized carbons (Fsp3) is 0.0213. The highest BCUT2D eigenvalue weighted by Gasteiger charge is 2.38. The number of fused-ring (bicyclic) bond motifs is 15. The topological polar surface area (TPSA) is 62.4 Å². The lowest BCUT2D eigenvalue weighted by Gasteiger charge is -2.27. The highest BCUT2D eigenvalue weighted by atomic mass is 15.0. The highest BCUT2D eigenvalue weighted by molar-refractivity contribution is 6.12. The largest absolute Gasteiger partial charge is 0.309 e. The van der Waals surface area contributed by atoms with Crippen molar-refractivity contribution in [2.45, 2.75) is 11.8 Å². The first-order valence-corrected chi connectivity index (χ1v) is 33.9. The molecule has 0 aliphatic heterocycles. The molecule has 0 saturated heterocycles. The van der Waals surface area contributed by atoms with Gasteiger partial charge in [-0.1, -0.05) is 255 Å². The molecule has 0 atom stereocenters. The molecule has 3 heterocycles. The molecule has 0 radical (unpaired) electrons. The Morgan fingerprint density at radius 1 is 0.212 bits per heavy atom. The molecule has 0 spiro atoms. The average molecular weight is 1260 g/mol. The minimum absolute atomic E-state index is 0.0872. The van der Waals surface area contributed by atoms with E-state index in [1.165, 1.54) is 82.4 Å². The summed E-state index contributed by atoms with van der Waals surface area (Å²) < 4.78 is 6.99. The van der Waals surface area contributed by atoms with Crippen molar-refractivity contribution in [1.82, 2.24) is 13.7 Å². The standard InChI is InChI=1S/C94H57N5/c95-56-81-89(58-41-48-62(49-42-58)97-83-35-15-9-25-69(83)70-26-10-16-36-84(70)97)90(59-43-50-63(51-44-59)98-85-37-17-11-27-71(85)72-28-12-18-38-86(72)98)82(57-96)92(91(81)60-45-52-64(53-46-60)99-87-39-19-13-29-73(87)74-30-14-20-40-88(74)99)61-47-54-79(93-75-31-5-1-21-65(75)66-22-2-6-32-76(66)93)80(55-61)94-77-33-7-3-23-67(77)68-24-4-8-34-78(68)94/h1-55,93-94H. The Morgan fingerprint density at radius 2 is 0.444 bits per heavy atom. The highest BCUT2D eigenvalue weighted by Crippen LogP contribution is 2.57. The zero-order chi connectivity index (χ0) is 65.4. The van der Waals surface area contributed by atoms with Crippen LogP contribution in [0.25, 0.3) is 149 Å². The van der Waals surface area contributed by atoms with Crippen LogP contribution >= 0.6 is 0 Å². The number of nitriles is 2. The van der Waals surface area contributed by atoms with Crippen LogP contribution in [0.15, 0.2) is 334 Å². The smallest absolute Gasteiger partial charge is 0.100 e. The Hall–Kier alpha value is -13.3.